The van der Waals surface area contributed by atoms with Crippen LogP contribution in [0.25, 0.3) is 0 Å². The van der Waals surface area contributed by atoms with E-state index in [2.05, 4.69) is 29.1 Å². The highest BCUT2D eigenvalue weighted by atomic mass is 16.2. The number of nitrogens with one attached hydrogen (secondary N) is 1. The number of hydrogen-bond donors (Lipinski definition) is 1. The Kier molecular flexibility index (Phi) is 7.97. The molecule has 0 unspecified atom stereocenters. The molecule has 0 heterocycles. The third-order valence-corrected chi connectivity index (χ3v) is 5.44. The molecule has 0 saturated carbocycles. The topological polar surface area (TPSA) is 65.0 Å². The first-order chi connectivity index (χ1) is 15.9. The fraction of sp³-hybridized carbons (Fsp3) is 0.222. The molecule has 2 amide bonds. The van der Waals surface area contributed by atoms with Crippen LogP contribution in [0.2, 0.25) is 0 Å². The molecule has 0 aliphatic rings. The van der Waals surface area contributed by atoms with Crippen molar-refractivity contribution < 1.29 is 9.59 Å². The van der Waals surface area contributed by atoms with Crippen LogP contribution in [0.15, 0.2) is 83.9 Å². The van der Waals surface area contributed by atoms with Crippen molar-refractivity contribution >= 4 is 40.3 Å². The van der Waals surface area contributed by atoms with Gasteiger partial charge in [-0.3, -0.25) is 9.59 Å². The molecule has 0 radical (unpaired) electrons. The van der Waals surface area contributed by atoms with E-state index < -0.39 is 11.8 Å². The van der Waals surface area contributed by atoms with E-state index in [1.165, 1.54) is 4.90 Å². The molecule has 3 aromatic rings. The van der Waals surface area contributed by atoms with Gasteiger partial charge >= 0.3 is 0 Å². The highest BCUT2D eigenvalue weighted by Gasteiger charge is 2.25. The van der Waals surface area contributed by atoms with Gasteiger partial charge < -0.3 is 15.1 Å². The molecule has 170 valence electrons. The molecule has 0 bridgehead atoms. The van der Waals surface area contributed by atoms with Crippen molar-refractivity contribution in [1.82, 2.24) is 0 Å². The number of aryl methyl sites for hydroxylation is 1. The minimum absolute atomic E-state index is 0.177. The van der Waals surface area contributed by atoms with Gasteiger partial charge in [0.15, 0.2) is 5.71 Å². The molecular weight excluding hydrogens is 412 g/mol. The number of nitrogens with zero attached hydrogens (tertiary/aromatic N) is 3. The van der Waals surface area contributed by atoms with Gasteiger partial charge in [-0.15, -0.1) is 0 Å². The monoisotopic (exact) mass is 442 g/mol. The number of benzene rings is 3. The smallest absolute Gasteiger partial charge is 0.282 e. The second kappa shape index (κ2) is 11.1. The maximum Gasteiger partial charge on any atom is 0.282 e. The van der Waals surface area contributed by atoms with Gasteiger partial charge in [0.25, 0.3) is 11.8 Å². The first-order valence-electron chi connectivity index (χ1n) is 11.1. The van der Waals surface area contributed by atoms with E-state index in [4.69, 9.17) is 0 Å². The van der Waals surface area contributed by atoms with Gasteiger partial charge in [-0.1, -0.05) is 36.4 Å². The molecule has 0 aromatic heterocycles. The molecule has 0 atom stereocenters. The van der Waals surface area contributed by atoms with Crippen LogP contribution in [0, 0.1) is 6.92 Å². The Labute approximate surface area is 195 Å². The number of aliphatic imine (C=N–C) groups is 1. The summed E-state index contributed by atoms with van der Waals surface area (Å²) in [4.78, 5) is 34.8. The zero-order valence-electron chi connectivity index (χ0n) is 19.6. The second-order valence-corrected chi connectivity index (χ2v) is 7.62. The lowest BCUT2D eigenvalue weighted by atomic mass is 10.1. The van der Waals surface area contributed by atoms with Gasteiger partial charge in [-0.2, -0.15) is 0 Å². The van der Waals surface area contributed by atoms with Gasteiger partial charge in [0.05, 0.1) is 5.69 Å². The number of amides is 2. The minimum Gasteiger partial charge on any atom is -0.372 e. The summed E-state index contributed by atoms with van der Waals surface area (Å²) in [7, 11) is 1.64. The molecule has 3 aromatic carbocycles. The van der Waals surface area contributed by atoms with E-state index in [0.29, 0.717) is 17.1 Å². The number of carbonyl (C=O) groups excluding carboxylic acids is 2. The largest absolute Gasteiger partial charge is 0.372 e. The second-order valence-electron chi connectivity index (χ2n) is 7.62. The number of hydrogen-bond acceptors (Lipinski definition) is 4. The van der Waals surface area contributed by atoms with Crippen LogP contribution in [0.4, 0.5) is 22.7 Å². The zero-order valence-corrected chi connectivity index (χ0v) is 19.6. The molecular formula is C27H30N4O2. The van der Waals surface area contributed by atoms with Crippen LogP contribution in [0.3, 0.4) is 0 Å². The molecule has 3 rings (SSSR count). The van der Waals surface area contributed by atoms with E-state index in [1.807, 2.05) is 73.7 Å². The summed E-state index contributed by atoms with van der Waals surface area (Å²) in [5, 5.41) is 2.79. The standard InChI is InChI=1S/C27H30N4O2/c1-5-31(6-2)23-17-18-24(20(3)19-23)29-25(26(32)28-21-13-9-7-10-14-21)27(33)30(4)22-15-11-8-12-16-22/h7-19H,5-6H2,1-4H3,(H,28,32). The van der Waals surface area contributed by atoms with Crippen molar-refractivity contribution in [2.45, 2.75) is 20.8 Å². The van der Waals surface area contributed by atoms with E-state index in [0.717, 1.165) is 24.3 Å². The molecule has 6 heteroatoms. The van der Waals surface area contributed by atoms with Gasteiger partial charge in [-0.25, -0.2) is 4.99 Å². The maximum absolute atomic E-state index is 13.4. The highest BCUT2D eigenvalue weighted by molar-refractivity contribution is 6.69. The van der Waals surface area contributed by atoms with E-state index >= 15 is 0 Å². The van der Waals surface area contributed by atoms with Crippen LogP contribution >= 0.6 is 0 Å². The predicted octanol–water partition coefficient (Wildman–Crippen LogP) is 5.22. The van der Waals surface area contributed by atoms with Crippen molar-refractivity contribution in [2.75, 3.05) is 35.3 Å². The number of carbonyl (C=O) groups is 2. The SMILES string of the molecule is CCN(CC)c1ccc(N=C(C(=O)Nc2ccccc2)C(=O)N(C)c2ccccc2)c(C)c1. The number of para-hydroxylation sites is 2. The van der Waals surface area contributed by atoms with Crippen molar-refractivity contribution in [3.8, 4) is 0 Å². The van der Waals surface area contributed by atoms with Gasteiger partial charge in [0.2, 0.25) is 0 Å². The van der Waals surface area contributed by atoms with Gasteiger partial charge in [0, 0.05) is 37.2 Å². The van der Waals surface area contributed by atoms with Crippen molar-refractivity contribution in [3.05, 3.63) is 84.4 Å². The molecule has 0 saturated heterocycles. The van der Waals surface area contributed by atoms with Gasteiger partial charge in [-0.05, 0) is 68.8 Å². The summed E-state index contributed by atoms with van der Waals surface area (Å²) in [6, 6.07) is 24.1. The summed E-state index contributed by atoms with van der Waals surface area (Å²) in [5.41, 5.74) is 3.65. The van der Waals surface area contributed by atoms with Crippen molar-refractivity contribution in [1.29, 1.82) is 0 Å². The summed E-state index contributed by atoms with van der Waals surface area (Å²) < 4.78 is 0. The van der Waals surface area contributed by atoms with E-state index in [-0.39, 0.29) is 5.71 Å². The van der Waals surface area contributed by atoms with Crippen LogP contribution in [-0.4, -0.2) is 37.7 Å². The Morgan fingerprint density at radius 2 is 1.45 bits per heavy atom. The lowest BCUT2D eigenvalue weighted by molar-refractivity contribution is -0.115. The number of rotatable bonds is 8. The zero-order chi connectivity index (χ0) is 23.8. The van der Waals surface area contributed by atoms with Gasteiger partial charge in [0.1, 0.15) is 0 Å². The Hall–Kier alpha value is -3.93. The summed E-state index contributed by atoms with van der Waals surface area (Å²) in [6.07, 6.45) is 0. The summed E-state index contributed by atoms with van der Waals surface area (Å²) >= 11 is 0. The third-order valence-electron chi connectivity index (χ3n) is 5.44. The molecule has 6 nitrogen and oxygen atoms in total. The van der Waals surface area contributed by atoms with Crippen LogP contribution in [0.1, 0.15) is 19.4 Å². The van der Waals surface area contributed by atoms with E-state index in [1.54, 1.807) is 19.2 Å². The molecule has 0 aliphatic carbocycles. The lowest BCUT2D eigenvalue weighted by Crippen LogP contribution is -2.40. The molecule has 1 N–H and O–H groups in total. The normalized spacial score (nSPS) is 11.1. The van der Waals surface area contributed by atoms with E-state index in [9.17, 15) is 9.59 Å². The van der Waals surface area contributed by atoms with Crippen molar-refractivity contribution in [2.24, 2.45) is 4.99 Å². The Morgan fingerprint density at radius 1 is 0.848 bits per heavy atom. The third kappa shape index (κ3) is 5.86. The lowest BCUT2D eigenvalue weighted by Gasteiger charge is -2.22. The Bertz CT molecular complexity index is 1120. The average Bonchev–Trinajstić information content (AvgIpc) is 2.84. The fourth-order valence-corrected chi connectivity index (χ4v) is 3.51. The minimum atomic E-state index is -0.554. The summed E-state index contributed by atoms with van der Waals surface area (Å²) in [6.45, 7) is 7.93. The number of anilines is 3. The molecule has 0 fully saturated rings. The molecule has 0 spiro atoms. The quantitative estimate of drug-likeness (QED) is 0.384. The Morgan fingerprint density at radius 3 is 2.03 bits per heavy atom. The summed E-state index contributed by atoms with van der Waals surface area (Å²) in [5.74, 6) is -1.04. The average molecular weight is 443 g/mol. The predicted molar refractivity (Wildman–Crippen MR) is 137 cm³/mol. The maximum atomic E-state index is 13.4. The molecule has 33 heavy (non-hydrogen) atoms. The van der Waals surface area contributed by atoms with Crippen LogP contribution in [0.5, 0.6) is 0 Å². The van der Waals surface area contributed by atoms with Crippen molar-refractivity contribution in [3.63, 3.8) is 0 Å². The molecule has 0 aliphatic heterocycles. The Balaban J connectivity index is 2.00. The highest BCUT2D eigenvalue weighted by Crippen LogP contribution is 2.26. The van der Waals surface area contributed by atoms with Crippen LogP contribution < -0.4 is 15.1 Å². The fourth-order valence-electron chi connectivity index (χ4n) is 3.51. The first kappa shape index (κ1) is 23.7. The first-order valence-corrected chi connectivity index (χ1v) is 11.1. The van der Waals surface area contributed by atoms with Crippen LogP contribution in [-0.2, 0) is 9.59 Å².